The van der Waals surface area contributed by atoms with Gasteiger partial charge < -0.3 is 0 Å². The second-order valence-electron chi connectivity index (χ2n) is 3.96. The van der Waals surface area contributed by atoms with E-state index >= 15 is 0 Å². The Balaban J connectivity index is 2.16. The first-order valence-electron chi connectivity index (χ1n) is 5.39. The van der Waals surface area contributed by atoms with Gasteiger partial charge in [0, 0.05) is 4.47 Å². The summed E-state index contributed by atoms with van der Waals surface area (Å²) in [7, 11) is 0. The summed E-state index contributed by atoms with van der Waals surface area (Å²) in [5, 5.41) is 0. The summed E-state index contributed by atoms with van der Waals surface area (Å²) in [6, 6.07) is 17.0. The monoisotopic (exact) mass is 270 g/mol. The van der Waals surface area contributed by atoms with Gasteiger partial charge in [0.2, 0.25) is 0 Å². The van der Waals surface area contributed by atoms with Crippen molar-refractivity contribution in [2.75, 3.05) is 0 Å². The Morgan fingerprint density at radius 3 is 2.50 bits per heavy atom. The van der Waals surface area contributed by atoms with Gasteiger partial charge in [-0.2, -0.15) is 0 Å². The van der Waals surface area contributed by atoms with Gasteiger partial charge in [-0.3, -0.25) is 0 Å². The van der Waals surface area contributed by atoms with Gasteiger partial charge in [0.15, 0.2) is 0 Å². The molecule has 0 aliphatic heterocycles. The fraction of sp³-hybridized carbons (Fsp3) is 0.0667. The van der Waals surface area contributed by atoms with Crippen LogP contribution in [-0.2, 0) is 6.42 Å². The van der Waals surface area contributed by atoms with Gasteiger partial charge in [-0.15, -0.1) is 0 Å². The number of fused-ring (bicyclic) bond motifs is 1. The molecule has 1 aliphatic rings. The molecular formula is C15H11Br. The Labute approximate surface area is 104 Å². The topological polar surface area (TPSA) is 0 Å². The molecule has 0 amide bonds. The molecule has 0 unspecified atom stereocenters. The lowest BCUT2D eigenvalue weighted by Crippen LogP contribution is -1.88. The smallest absolute Gasteiger partial charge is 0.0256 e. The van der Waals surface area contributed by atoms with Gasteiger partial charge in [-0.1, -0.05) is 64.5 Å². The zero-order valence-corrected chi connectivity index (χ0v) is 10.4. The summed E-state index contributed by atoms with van der Waals surface area (Å²) in [5.74, 6) is 0. The molecule has 1 heteroatoms. The highest BCUT2D eigenvalue weighted by molar-refractivity contribution is 9.10. The highest BCUT2D eigenvalue weighted by Crippen LogP contribution is 2.37. The molecule has 2 aromatic rings. The highest BCUT2D eigenvalue weighted by Gasteiger charge is 2.17. The van der Waals surface area contributed by atoms with Crippen molar-refractivity contribution in [2.24, 2.45) is 0 Å². The van der Waals surface area contributed by atoms with Crippen LogP contribution in [0.25, 0.3) is 5.57 Å². The molecule has 0 atom stereocenters. The lowest BCUT2D eigenvalue weighted by atomic mass is 9.99. The summed E-state index contributed by atoms with van der Waals surface area (Å²) in [6.07, 6.45) is 3.35. The number of hydrogen-bond acceptors (Lipinski definition) is 0. The third kappa shape index (κ3) is 1.52. The van der Waals surface area contributed by atoms with Crippen LogP contribution < -0.4 is 0 Å². The van der Waals surface area contributed by atoms with Crippen LogP contribution in [-0.4, -0.2) is 0 Å². The lowest BCUT2D eigenvalue weighted by Gasteiger charge is -2.08. The SMILES string of the molecule is Brc1cccc2c1C(c1ccccc1)=CC2. The average Bonchev–Trinajstić information content (AvgIpc) is 2.75. The van der Waals surface area contributed by atoms with Gasteiger partial charge in [-0.05, 0) is 34.8 Å². The molecule has 0 fully saturated rings. The van der Waals surface area contributed by atoms with Crippen molar-refractivity contribution >= 4 is 21.5 Å². The largest absolute Gasteiger partial charge is 0.0716 e. The summed E-state index contributed by atoms with van der Waals surface area (Å²) in [6.45, 7) is 0. The molecule has 0 heterocycles. The molecule has 0 spiro atoms. The number of allylic oxidation sites excluding steroid dienone is 1. The standard InChI is InChI=1S/C15H11Br/c16-14-8-4-7-12-9-10-13(15(12)14)11-5-2-1-3-6-11/h1-8,10H,9H2. The summed E-state index contributed by atoms with van der Waals surface area (Å²) in [5.41, 5.74) is 5.41. The van der Waals surface area contributed by atoms with Crippen LogP contribution in [0.4, 0.5) is 0 Å². The quantitative estimate of drug-likeness (QED) is 0.719. The minimum absolute atomic E-state index is 1.04. The molecule has 0 saturated carbocycles. The zero-order valence-electron chi connectivity index (χ0n) is 8.78. The fourth-order valence-corrected chi connectivity index (χ4v) is 2.86. The Bertz CT molecular complexity index is 553. The van der Waals surface area contributed by atoms with E-state index in [1.807, 2.05) is 0 Å². The maximum Gasteiger partial charge on any atom is 0.0256 e. The number of benzene rings is 2. The van der Waals surface area contributed by atoms with E-state index < -0.39 is 0 Å². The minimum Gasteiger partial charge on any atom is -0.0716 e. The molecular weight excluding hydrogens is 260 g/mol. The van der Waals surface area contributed by atoms with Crippen LogP contribution in [0.5, 0.6) is 0 Å². The maximum absolute atomic E-state index is 3.64. The van der Waals surface area contributed by atoms with Gasteiger partial charge in [0.1, 0.15) is 0 Å². The van der Waals surface area contributed by atoms with Crippen LogP contribution in [0, 0.1) is 0 Å². The Morgan fingerprint density at radius 2 is 1.69 bits per heavy atom. The van der Waals surface area contributed by atoms with Crippen molar-refractivity contribution in [1.82, 2.24) is 0 Å². The number of rotatable bonds is 1. The van der Waals surface area contributed by atoms with Gasteiger partial charge >= 0.3 is 0 Å². The third-order valence-corrected chi connectivity index (χ3v) is 3.64. The maximum atomic E-state index is 3.64. The molecule has 0 nitrogen and oxygen atoms in total. The van der Waals surface area contributed by atoms with Crippen molar-refractivity contribution in [3.63, 3.8) is 0 Å². The van der Waals surface area contributed by atoms with Crippen LogP contribution >= 0.6 is 15.9 Å². The third-order valence-electron chi connectivity index (χ3n) is 2.98. The zero-order chi connectivity index (χ0) is 11.0. The molecule has 1 aliphatic carbocycles. The van der Waals surface area contributed by atoms with E-state index in [1.54, 1.807) is 0 Å². The normalized spacial score (nSPS) is 13.4. The second kappa shape index (κ2) is 3.91. The van der Waals surface area contributed by atoms with Crippen molar-refractivity contribution in [1.29, 1.82) is 0 Å². The molecule has 16 heavy (non-hydrogen) atoms. The van der Waals surface area contributed by atoms with Crippen molar-refractivity contribution in [2.45, 2.75) is 6.42 Å². The number of hydrogen-bond donors (Lipinski definition) is 0. The lowest BCUT2D eigenvalue weighted by molar-refractivity contribution is 1.30. The second-order valence-corrected chi connectivity index (χ2v) is 4.82. The molecule has 0 radical (unpaired) electrons. The van der Waals surface area contributed by atoms with Crippen LogP contribution in [0.15, 0.2) is 59.1 Å². The molecule has 0 saturated heterocycles. The minimum atomic E-state index is 1.04. The predicted octanol–water partition coefficient (Wildman–Crippen LogP) is 4.44. The summed E-state index contributed by atoms with van der Waals surface area (Å²) >= 11 is 3.64. The van der Waals surface area contributed by atoms with Crippen molar-refractivity contribution in [3.05, 3.63) is 75.8 Å². The first-order chi connectivity index (χ1) is 7.86. The van der Waals surface area contributed by atoms with E-state index in [0.29, 0.717) is 0 Å². The molecule has 0 N–H and O–H groups in total. The summed E-state index contributed by atoms with van der Waals surface area (Å²) in [4.78, 5) is 0. The molecule has 0 aromatic heterocycles. The van der Waals surface area contributed by atoms with Crippen LogP contribution in [0.1, 0.15) is 16.7 Å². The molecule has 2 aromatic carbocycles. The van der Waals surface area contributed by atoms with E-state index in [0.717, 1.165) is 6.42 Å². The van der Waals surface area contributed by atoms with E-state index in [2.05, 4.69) is 70.5 Å². The molecule has 0 bridgehead atoms. The van der Waals surface area contributed by atoms with E-state index in [9.17, 15) is 0 Å². The summed E-state index contributed by atoms with van der Waals surface area (Å²) < 4.78 is 1.19. The Morgan fingerprint density at radius 1 is 0.875 bits per heavy atom. The first kappa shape index (κ1) is 9.86. The van der Waals surface area contributed by atoms with Gasteiger partial charge in [0.25, 0.3) is 0 Å². The van der Waals surface area contributed by atoms with Crippen molar-refractivity contribution < 1.29 is 0 Å². The Hall–Kier alpha value is -1.34. The van der Waals surface area contributed by atoms with Crippen molar-refractivity contribution in [3.8, 4) is 0 Å². The molecule has 78 valence electrons. The van der Waals surface area contributed by atoms with Gasteiger partial charge in [-0.25, -0.2) is 0 Å². The fourth-order valence-electron chi connectivity index (χ4n) is 2.23. The highest BCUT2D eigenvalue weighted by atomic mass is 79.9. The molecule has 3 rings (SSSR count). The first-order valence-corrected chi connectivity index (χ1v) is 6.19. The Kier molecular flexibility index (Phi) is 2.41. The van der Waals surface area contributed by atoms with E-state index in [1.165, 1.54) is 26.7 Å². The van der Waals surface area contributed by atoms with Crippen LogP contribution in [0.2, 0.25) is 0 Å². The van der Waals surface area contributed by atoms with E-state index in [-0.39, 0.29) is 0 Å². The number of halogens is 1. The van der Waals surface area contributed by atoms with Crippen LogP contribution in [0.3, 0.4) is 0 Å². The average molecular weight is 271 g/mol. The van der Waals surface area contributed by atoms with Gasteiger partial charge in [0.05, 0.1) is 0 Å². The predicted molar refractivity (Wildman–Crippen MR) is 71.4 cm³/mol. The van der Waals surface area contributed by atoms with E-state index in [4.69, 9.17) is 0 Å².